The van der Waals surface area contributed by atoms with Crippen molar-refractivity contribution in [1.82, 2.24) is 14.5 Å². The second kappa shape index (κ2) is 7.41. The molecule has 0 aliphatic rings. The standard InChI is InChI=1S/C14H18FN3O4S2/c1-16-24(21,22)9-3-8-23(19,20)11-13-6-7-18(17-13)14-5-2-4-12(15)10-14/h2,4-7,10,16H,3,8-9,11H2,1H3. The summed E-state index contributed by atoms with van der Waals surface area (Å²) in [6, 6.07) is 7.31. The molecule has 24 heavy (non-hydrogen) atoms. The molecule has 0 saturated heterocycles. The second-order valence-electron chi connectivity index (χ2n) is 5.20. The van der Waals surface area contributed by atoms with Crippen LogP contribution in [0.3, 0.4) is 0 Å². The van der Waals surface area contributed by atoms with Gasteiger partial charge in [-0.3, -0.25) is 0 Å². The van der Waals surface area contributed by atoms with Crippen molar-refractivity contribution in [3.05, 3.63) is 48.0 Å². The predicted octanol–water partition coefficient (Wildman–Crippen LogP) is 0.865. The first-order chi connectivity index (χ1) is 11.2. The Kier molecular flexibility index (Phi) is 5.73. The molecule has 0 atom stereocenters. The van der Waals surface area contributed by atoms with Gasteiger partial charge >= 0.3 is 0 Å². The molecular formula is C14H18FN3O4S2. The number of hydrogen-bond donors (Lipinski definition) is 1. The highest BCUT2D eigenvalue weighted by atomic mass is 32.2. The predicted molar refractivity (Wildman–Crippen MR) is 88.5 cm³/mol. The molecule has 1 N–H and O–H groups in total. The molecule has 0 radical (unpaired) electrons. The van der Waals surface area contributed by atoms with Crippen LogP contribution in [0.15, 0.2) is 36.5 Å². The van der Waals surface area contributed by atoms with E-state index in [4.69, 9.17) is 0 Å². The lowest BCUT2D eigenvalue weighted by molar-refractivity contribution is 0.584. The Hall–Kier alpha value is -1.78. The first-order valence-electron chi connectivity index (χ1n) is 7.13. The van der Waals surface area contributed by atoms with Crippen molar-refractivity contribution < 1.29 is 21.2 Å². The number of aromatic nitrogens is 2. The molecule has 132 valence electrons. The summed E-state index contributed by atoms with van der Waals surface area (Å²) in [5.41, 5.74) is 0.800. The summed E-state index contributed by atoms with van der Waals surface area (Å²) in [5, 5.41) is 4.12. The average Bonchev–Trinajstić information content (AvgIpc) is 2.94. The van der Waals surface area contributed by atoms with E-state index in [1.54, 1.807) is 12.3 Å². The fraction of sp³-hybridized carbons (Fsp3) is 0.357. The molecule has 7 nitrogen and oxygen atoms in total. The van der Waals surface area contributed by atoms with E-state index in [1.165, 1.54) is 36.0 Å². The van der Waals surface area contributed by atoms with Crippen molar-refractivity contribution in [2.75, 3.05) is 18.6 Å². The second-order valence-corrected chi connectivity index (χ2v) is 9.43. The Morgan fingerprint density at radius 1 is 1.17 bits per heavy atom. The molecule has 1 aromatic carbocycles. The van der Waals surface area contributed by atoms with E-state index in [0.717, 1.165) is 0 Å². The molecule has 1 heterocycles. The van der Waals surface area contributed by atoms with E-state index < -0.39 is 25.7 Å². The molecule has 0 amide bonds. The van der Waals surface area contributed by atoms with Gasteiger partial charge in [0, 0.05) is 6.20 Å². The van der Waals surface area contributed by atoms with Gasteiger partial charge in [0.2, 0.25) is 10.0 Å². The van der Waals surface area contributed by atoms with Crippen LogP contribution in [0.2, 0.25) is 0 Å². The van der Waals surface area contributed by atoms with Gasteiger partial charge in [-0.05, 0) is 37.7 Å². The summed E-state index contributed by atoms with van der Waals surface area (Å²) in [6.07, 6.45) is 1.56. The minimum Gasteiger partial charge on any atom is -0.241 e. The zero-order chi connectivity index (χ0) is 17.8. The summed E-state index contributed by atoms with van der Waals surface area (Å²) in [7, 11) is -5.62. The number of halogens is 1. The highest BCUT2D eigenvalue weighted by Crippen LogP contribution is 2.12. The fourth-order valence-electron chi connectivity index (χ4n) is 2.07. The summed E-state index contributed by atoms with van der Waals surface area (Å²) in [6.45, 7) is 0. The molecule has 0 fully saturated rings. The Morgan fingerprint density at radius 3 is 2.58 bits per heavy atom. The van der Waals surface area contributed by atoms with Crippen LogP contribution in [0.4, 0.5) is 4.39 Å². The largest absolute Gasteiger partial charge is 0.241 e. The van der Waals surface area contributed by atoms with Gasteiger partial charge in [-0.1, -0.05) is 6.07 Å². The van der Waals surface area contributed by atoms with Crippen LogP contribution in [0, 0.1) is 5.82 Å². The molecule has 0 spiro atoms. The third-order valence-corrected chi connectivity index (χ3v) is 6.36. The molecule has 0 bridgehead atoms. The molecule has 0 aliphatic carbocycles. The lowest BCUT2D eigenvalue weighted by Crippen LogP contribution is -2.23. The van der Waals surface area contributed by atoms with Crippen molar-refractivity contribution in [2.24, 2.45) is 0 Å². The van der Waals surface area contributed by atoms with E-state index in [2.05, 4.69) is 9.82 Å². The maximum Gasteiger partial charge on any atom is 0.211 e. The van der Waals surface area contributed by atoms with Crippen molar-refractivity contribution in [3.8, 4) is 5.69 Å². The third-order valence-electron chi connectivity index (χ3n) is 3.26. The van der Waals surface area contributed by atoms with Crippen LogP contribution < -0.4 is 4.72 Å². The molecule has 0 saturated carbocycles. The monoisotopic (exact) mass is 375 g/mol. The summed E-state index contributed by atoms with van der Waals surface area (Å²) < 4.78 is 63.4. The zero-order valence-corrected chi connectivity index (χ0v) is 14.6. The van der Waals surface area contributed by atoms with Crippen LogP contribution in [0.25, 0.3) is 5.69 Å². The van der Waals surface area contributed by atoms with Gasteiger partial charge in [-0.15, -0.1) is 0 Å². The summed E-state index contributed by atoms with van der Waals surface area (Å²) >= 11 is 0. The van der Waals surface area contributed by atoms with E-state index in [-0.39, 0.29) is 23.7 Å². The highest BCUT2D eigenvalue weighted by Gasteiger charge is 2.16. The normalized spacial score (nSPS) is 12.4. The fourth-order valence-corrected chi connectivity index (χ4v) is 4.31. The van der Waals surface area contributed by atoms with E-state index in [1.807, 2.05) is 0 Å². The maximum absolute atomic E-state index is 13.2. The van der Waals surface area contributed by atoms with Gasteiger partial charge in [0.1, 0.15) is 5.82 Å². The number of nitrogens with one attached hydrogen (secondary N) is 1. The van der Waals surface area contributed by atoms with Crippen molar-refractivity contribution in [1.29, 1.82) is 0 Å². The first-order valence-corrected chi connectivity index (χ1v) is 10.6. The van der Waals surface area contributed by atoms with Crippen LogP contribution >= 0.6 is 0 Å². The van der Waals surface area contributed by atoms with Gasteiger partial charge < -0.3 is 0 Å². The summed E-state index contributed by atoms with van der Waals surface area (Å²) in [4.78, 5) is 0. The highest BCUT2D eigenvalue weighted by molar-refractivity contribution is 7.91. The van der Waals surface area contributed by atoms with Crippen LogP contribution in [0.5, 0.6) is 0 Å². The maximum atomic E-state index is 13.2. The molecule has 1 aromatic heterocycles. The molecule has 0 unspecified atom stereocenters. The Labute approximate surface area is 140 Å². The van der Waals surface area contributed by atoms with Crippen LogP contribution in [-0.2, 0) is 25.6 Å². The molecule has 2 aromatic rings. The SMILES string of the molecule is CNS(=O)(=O)CCCS(=O)(=O)Cc1ccn(-c2cccc(F)c2)n1. The topological polar surface area (TPSA) is 98.1 Å². The molecule has 2 rings (SSSR count). The number of nitrogens with zero attached hydrogens (tertiary/aromatic N) is 2. The number of benzene rings is 1. The van der Waals surface area contributed by atoms with E-state index in [9.17, 15) is 21.2 Å². The quantitative estimate of drug-likeness (QED) is 0.738. The van der Waals surface area contributed by atoms with Gasteiger partial charge in [0.25, 0.3) is 0 Å². The van der Waals surface area contributed by atoms with Crippen molar-refractivity contribution >= 4 is 19.9 Å². The molecule has 10 heteroatoms. The van der Waals surface area contributed by atoms with Gasteiger partial charge in [-0.2, -0.15) is 5.10 Å². The zero-order valence-electron chi connectivity index (χ0n) is 13.0. The lowest BCUT2D eigenvalue weighted by atomic mass is 10.3. The molecular weight excluding hydrogens is 357 g/mol. The van der Waals surface area contributed by atoms with Gasteiger partial charge in [-0.25, -0.2) is 30.6 Å². The average molecular weight is 375 g/mol. The Morgan fingerprint density at radius 2 is 1.92 bits per heavy atom. The number of rotatable bonds is 8. The van der Waals surface area contributed by atoms with E-state index >= 15 is 0 Å². The lowest BCUT2D eigenvalue weighted by Gasteiger charge is -2.04. The van der Waals surface area contributed by atoms with E-state index in [0.29, 0.717) is 11.4 Å². The van der Waals surface area contributed by atoms with Crippen LogP contribution in [-0.4, -0.2) is 45.2 Å². The molecule has 0 aliphatic heterocycles. The minimum atomic E-state index is -3.48. The Bertz CT molecular complexity index is 908. The van der Waals surface area contributed by atoms with Gasteiger partial charge in [0.05, 0.1) is 28.6 Å². The van der Waals surface area contributed by atoms with Crippen molar-refractivity contribution in [3.63, 3.8) is 0 Å². The number of sulfonamides is 1. The minimum absolute atomic E-state index is 0.0100. The summed E-state index contributed by atoms with van der Waals surface area (Å²) in [5.74, 6) is -1.21. The smallest absolute Gasteiger partial charge is 0.211 e. The van der Waals surface area contributed by atoms with Crippen molar-refractivity contribution in [2.45, 2.75) is 12.2 Å². The van der Waals surface area contributed by atoms with Gasteiger partial charge in [0.15, 0.2) is 9.84 Å². The third kappa shape index (κ3) is 5.39. The number of hydrogen-bond acceptors (Lipinski definition) is 5. The Balaban J connectivity index is 2.00. The number of sulfone groups is 1. The first kappa shape index (κ1) is 18.6. The van der Waals surface area contributed by atoms with Crippen LogP contribution in [0.1, 0.15) is 12.1 Å².